The molecular weight excluding hydrogens is 348 g/mol. The van der Waals surface area contributed by atoms with Crippen LogP contribution in [0.2, 0.25) is 0 Å². The van der Waals surface area contributed by atoms with E-state index < -0.39 is 0 Å². The summed E-state index contributed by atoms with van der Waals surface area (Å²) >= 11 is 0. The summed E-state index contributed by atoms with van der Waals surface area (Å²) in [6.45, 7) is 10.2. The van der Waals surface area contributed by atoms with Gasteiger partial charge in [-0.3, -0.25) is 23.2 Å². The molecule has 1 aliphatic heterocycles. The Labute approximate surface area is 156 Å². The molecule has 9 heteroatoms. The molecule has 0 unspecified atom stereocenters. The minimum Gasteiger partial charge on any atom is -0.379 e. The van der Waals surface area contributed by atoms with Gasteiger partial charge in [0, 0.05) is 51.2 Å². The number of aryl methyl sites for hydroxylation is 2. The van der Waals surface area contributed by atoms with Gasteiger partial charge in [-0.1, -0.05) is 0 Å². The van der Waals surface area contributed by atoms with E-state index in [9.17, 15) is 9.59 Å². The Balaban J connectivity index is 1.85. The number of imidazole rings is 2. The molecule has 27 heavy (non-hydrogen) atoms. The van der Waals surface area contributed by atoms with E-state index in [4.69, 9.17) is 4.74 Å². The second kappa shape index (κ2) is 6.65. The van der Waals surface area contributed by atoms with Crippen molar-refractivity contribution in [2.45, 2.75) is 33.4 Å². The Kier molecular flexibility index (Phi) is 4.43. The van der Waals surface area contributed by atoms with E-state index in [1.807, 2.05) is 17.5 Å². The Bertz CT molecular complexity index is 1110. The molecule has 0 saturated carbocycles. The van der Waals surface area contributed by atoms with E-state index in [1.54, 1.807) is 7.05 Å². The summed E-state index contributed by atoms with van der Waals surface area (Å²) in [6, 6.07) is 0.208. The van der Waals surface area contributed by atoms with Gasteiger partial charge in [0.1, 0.15) is 0 Å². The first-order valence-electron chi connectivity index (χ1n) is 9.39. The molecule has 0 bridgehead atoms. The number of nitrogens with zero attached hydrogens (tertiary/aromatic N) is 6. The minimum absolute atomic E-state index is 0.208. The zero-order valence-electron chi connectivity index (χ0n) is 16.3. The lowest BCUT2D eigenvalue weighted by atomic mass is 10.3. The van der Waals surface area contributed by atoms with Crippen LogP contribution in [0.5, 0.6) is 0 Å². The van der Waals surface area contributed by atoms with E-state index in [2.05, 4.69) is 28.3 Å². The predicted octanol–water partition coefficient (Wildman–Crippen LogP) is 0.371. The summed E-state index contributed by atoms with van der Waals surface area (Å²) in [5, 5.41) is 0. The third kappa shape index (κ3) is 2.81. The van der Waals surface area contributed by atoms with Gasteiger partial charge >= 0.3 is 5.69 Å². The molecule has 0 spiro atoms. The van der Waals surface area contributed by atoms with Gasteiger partial charge in [-0.05, 0) is 20.8 Å². The third-order valence-electron chi connectivity index (χ3n) is 5.33. The average Bonchev–Trinajstić information content (AvgIpc) is 3.15. The van der Waals surface area contributed by atoms with Gasteiger partial charge in [0.25, 0.3) is 5.56 Å². The van der Waals surface area contributed by atoms with Crippen LogP contribution in [0.15, 0.2) is 15.8 Å². The summed E-state index contributed by atoms with van der Waals surface area (Å²) in [6.07, 6.45) is 1.92. The fourth-order valence-corrected chi connectivity index (χ4v) is 3.93. The van der Waals surface area contributed by atoms with Crippen LogP contribution in [0.25, 0.3) is 16.9 Å². The Hall–Kier alpha value is -2.39. The van der Waals surface area contributed by atoms with Gasteiger partial charge in [0.15, 0.2) is 11.2 Å². The molecule has 1 saturated heterocycles. The van der Waals surface area contributed by atoms with Crippen molar-refractivity contribution in [1.82, 2.24) is 28.0 Å². The van der Waals surface area contributed by atoms with Crippen LogP contribution < -0.4 is 11.2 Å². The number of morpholine rings is 1. The van der Waals surface area contributed by atoms with Crippen LogP contribution in [0, 0.1) is 6.92 Å². The number of hydrogen-bond acceptors (Lipinski definition) is 5. The highest BCUT2D eigenvalue weighted by Crippen LogP contribution is 2.20. The van der Waals surface area contributed by atoms with Crippen LogP contribution in [-0.2, 0) is 18.3 Å². The number of fused-ring (bicyclic) bond motifs is 3. The quantitative estimate of drug-likeness (QED) is 0.659. The molecule has 0 aromatic carbocycles. The van der Waals surface area contributed by atoms with Crippen LogP contribution in [0.3, 0.4) is 0 Å². The van der Waals surface area contributed by atoms with Gasteiger partial charge in [0.2, 0.25) is 5.78 Å². The molecule has 0 atom stereocenters. The van der Waals surface area contributed by atoms with Crippen molar-refractivity contribution in [3.05, 3.63) is 32.7 Å². The zero-order chi connectivity index (χ0) is 19.3. The van der Waals surface area contributed by atoms with Crippen molar-refractivity contribution < 1.29 is 4.74 Å². The molecule has 0 aliphatic carbocycles. The summed E-state index contributed by atoms with van der Waals surface area (Å²) in [4.78, 5) is 32.8. The maximum atomic E-state index is 13.2. The standard InChI is InChI=1S/C18H26N6O3/c1-12(2)24-13(3)11-23-14-15(19-17(23)24)20(4)18(26)22(16(14)25)6-5-21-7-9-27-10-8-21/h11-12H,5-10H2,1-4H3. The first kappa shape index (κ1) is 18.0. The van der Waals surface area contributed by atoms with Crippen molar-refractivity contribution in [2.75, 3.05) is 32.8 Å². The van der Waals surface area contributed by atoms with Gasteiger partial charge in [0.05, 0.1) is 13.2 Å². The largest absolute Gasteiger partial charge is 0.379 e. The van der Waals surface area contributed by atoms with E-state index in [0.717, 1.165) is 18.8 Å². The van der Waals surface area contributed by atoms with Crippen molar-refractivity contribution in [3.8, 4) is 0 Å². The molecule has 3 aromatic rings. The van der Waals surface area contributed by atoms with E-state index >= 15 is 0 Å². The first-order chi connectivity index (χ1) is 12.9. The third-order valence-corrected chi connectivity index (χ3v) is 5.33. The molecule has 0 amide bonds. The summed E-state index contributed by atoms with van der Waals surface area (Å²) in [5.41, 5.74) is 1.31. The molecule has 0 N–H and O–H groups in total. The highest BCUT2D eigenvalue weighted by atomic mass is 16.5. The highest BCUT2D eigenvalue weighted by molar-refractivity contribution is 5.75. The second-order valence-electron chi connectivity index (χ2n) is 7.44. The van der Waals surface area contributed by atoms with Crippen LogP contribution in [0.4, 0.5) is 0 Å². The molecule has 0 radical (unpaired) electrons. The smallest absolute Gasteiger partial charge is 0.332 e. The van der Waals surface area contributed by atoms with E-state index in [0.29, 0.717) is 43.2 Å². The number of hydrogen-bond donors (Lipinski definition) is 0. The molecular formula is C18H26N6O3. The lowest BCUT2D eigenvalue weighted by molar-refractivity contribution is 0.0361. The topological polar surface area (TPSA) is 78.7 Å². The molecule has 4 heterocycles. The SMILES string of the molecule is Cc1cn2c3c(=O)n(CCN4CCOCC4)c(=O)n(C)c3nc2n1C(C)C. The lowest BCUT2D eigenvalue weighted by Gasteiger charge is -2.26. The molecule has 3 aromatic heterocycles. The molecule has 4 rings (SSSR count). The minimum atomic E-state index is -0.325. The second-order valence-corrected chi connectivity index (χ2v) is 7.44. The molecule has 1 fully saturated rings. The summed E-state index contributed by atoms with van der Waals surface area (Å²) in [7, 11) is 1.67. The zero-order valence-corrected chi connectivity index (χ0v) is 16.3. The molecule has 9 nitrogen and oxygen atoms in total. The van der Waals surface area contributed by atoms with Crippen molar-refractivity contribution in [3.63, 3.8) is 0 Å². The first-order valence-corrected chi connectivity index (χ1v) is 9.39. The fraction of sp³-hybridized carbons (Fsp3) is 0.611. The summed E-state index contributed by atoms with van der Waals surface area (Å²) < 4.78 is 12.0. The lowest BCUT2D eigenvalue weighted by Crippen LogP contribution is -2.44. The van der Waals surface area contributed by atoms with Gasteiger partial charge < -0.3 is 9.30 Å². The van der Waals surface area contributed by atoms with Crippen LogP contribution in [0.1, 0.15) is 25.6 Å². The summed E-state index contributed by atoms with van der Waals surface area (Å²) in [5.74, 6) is 0.690. The Morgan fingerprint density at radius 3 is 2.56 bits per heavy atom. The van der Waals surface area contributed by atoms with E-state index in [-0.39, 0.29) is 17.3 Å². The Morgan fingerprint density at radius 1 is 1.19 bits per heavy atom. The van der Waals surface area contributed by atoms with Gasteiger partial charge in [-0.15, -0.1) is 0 Å². The fourth-order valence-electron chi connectivity index (χ4n) is 3.93. The maximum Gasteiger partial charge on any atom is 0.332 e. The number of aromatic nitrogens is 5. The van der Waals surface area contributed by atoms with E-state index in [1.165, 1.54) is 9.13 Å². The number of rotatable bonds is 4. The van der Waals surface area contributed by atoms with Crippen molar-refractivity contribution in [2.24, 2.45) is 7.05 Å². The normalized spacial score (nSPS) is 16.2. The highest BCUT2D eigenvalue weighted by Gasteiger charge is 2.21. The maximum absolute atomic E-state index is 13.2. The van der Waals surface area contributed by atoms with Crippen LogP contribution in [-0.4, -0.2) is 60.8 Å². The van der Waals surface area contributed by atoms with Crippen molar-refractivity contribution >= 4 is 16.9 Å². The predicted molar refractivity (Wildman–Crippen MR) is 103 cm³/mol. The van der Waals surface area contributed by atoms with Crippen LogP contribution >= 0.6 is 0 Å². The molecule has 1 aliphatic rings. The van der Waals surface area contributed by atoms with Crippen molar-refractivity contribution in [1.29, 1.82) is 0 Å². The molecule has 146 valence electrons. The number of ether oxygens (including phenoxy) is 1. The van der Waals surface area contributed by atoms with Gasteiger partial charge in [-0.2, -0.15) is 4.98 Å². The van der Waals surface area contributed by atoms with Gasteiger partial charge in [-0.25, -0.2) is 4.79 Å². The monoisotopic (exact) mass is 374 g/mol. The average molecular weight is 374 g/mol. The Morgan fingerprint density at radius 2 is 1.89 bits per heavy atom.